The molecular weight excluding hydrogens is 284 g/mol. The van der Waals surface area contributed by atoms with E-state index in [0.717, 1.165) is 18.0 Å². The average molecular weight is 305 g/mol. The van der Waals surface area contributed by atoms with Gasteiger partial charge in [0, 0.05) is 5.69 Å². The van der Waals surface area contributed by atoms with Crippen LogP contribution in [0.5, 0.6) is 5.75 Å². The van der Waals surface area contributed by atoms with Crippen molar-refractivity contribution >= 4 is 22.9 Å². The number of hydrogen-bond acceptors (Lipinski definition) is 3. The van der Waals surface area contributed by atoms with Gasteiger partial charge in [-0.3, -0.25) is 4.79 Å². The highest BCUT2D eigenvalue weighted by Crippen LogP contribution is 2.15. The summed E-state index contributed by atoms with van der Waals surface area (Å²) in [5.74, 6) is 0.837. The fourth-order valence-corrected chi connectivity index (χ4v) is 2.87. The van der Waals surface area contributed by atoms with Crippen LogP contribution in [0.25, 0.3) is 0 Å². The van der Waals surface area contributed by atoms with E-state index in [9.17, 15) is 4.79 Å². The summed E-state index contributed by atoms with van der Waals surface area (Å²) < 4.78 is 5.37. The SMILES string of the molecule is CCOc1ccc(NC(=O)C[NH+](C)Cc2cccs2)cc1. The number of nitrogens with one attached hydrogen (secondary N) is 2. The topological polar surface area (TPSA) is 42.8 Å². The van der Waals surface area contributed by atoms with Crippen molar-refractivity contribution in [2.24, 2.45) is 0 Å². The van der Waals surface area contributed by atoms with Gasteiger partial charge in [0.15, 0.2) is 6.54 Å². The molecule has 0 spiro atoms. The monoisotopic (exact) mass is 305 g/mol. The van der Waals surface area contributed by atoms with Crippen LogP contribution in [0.15, 0.2) is 41.8 Å². The predicted molar refractivity (Wildman–Crippen MR) is 86.0 cm³/mol. The number of carbonyl (C=O) groups is 1. The Morgan fingerprint density at radius 1 is 1.29 bits per heavy atom. The maximum atomic E-state index is 12.0. The Kier molecular flexibility index (Phi) is 5.78. The van der Waals surface area contributed by atoms with Gasteiger partial charge in [-0.15, -0.1) is 11.3 Å². The number of thiophene rings is 1. The molecule has 0 radical (unpaired) electrons. The number of carbonyl (C=O) groups excluding carboxylic acids is 1. The third-order valence-electron chi connectivity index (χ3n) is 2.97. The summed E-state index contributed by atoms with van der Waals surface area (Å²) in [6, 6.07) is 11.6. The minimum absolute atomic E-state index is 0.0215. The lowest BCUT2D eigenvalue weighted by Gasteiger charge is -2.13. The van der Waals surface area contributed by atoms with Gasteiger partial charge in [0.25, 0.3) is 5.91 Å². The van der Waals surface area contributed by atoms with Crippen LogP contribution >= 0.6 is 11.3 Å². The molecule has 1 aromatic heterocycles. The van der Waals surface area contributed by atoms with Crippen LogP contribution in [0, 0.1) is 0 Å². The fourth-order valence-electron chi connectivity index (χ4n) is 2.05. The van der Waals surface area contributed by atoms with Crippen molar-refractivity contribution in [2.75, 3.05) is 25.5 Å². The number of hydrogen-bond donors (Lipinski definition) is 2. The minimum Gasteiger partial charge on any atom is -0.494 e. The Labute approximate surface area is 129 Å². The first-order chi connectivity index (χ1) is 10.2. The van der Waals surface area contributed by atoms with Gasteiger partial charge >= 0.3 is 0 Å². The molecule has 1 aromatic carbocycles. The lowest BCUT2D eigenvalue weighted by Crippen LogP contribution is -3.08. The van der Waals surface area contributed by atoms with Gasteiger partial charge in [-0.1, -0.05) is 6.07 Å². The molecule has 0 saturated carbocycles. The third-order valence-corrected chi connectivity index (χ3v) is 3.84. The van der Waals surface area contributed by atoms with Crippen LogP contribution in [0.1, 0.15) is 11.8 Å². The van der Waals surface area contributed by atoms with Crippen LogP contribution in [0.2, 0.25) is 0 Å². The zero-order valence-electron chi connectivity index (χ0n) is 12.4. The lowest BCUT2D eigenvalue weighted by atomic mass is 10.3. The van der Waals surface area contributed by atoms with Crippen molar-refractivity contribution in [1.82, 2.24) is 0 Å². The highest BCUT2D eigenvalue weighted by Gasteiger charge is 2.11. The number of rotatable bonds is 7. The molecule has 0 aliphatic heterocycles. The van der Waals surface area contributed by atoms with Gasteiger partial charge in [-0.2, -0.15) is 0 Å². The molecule has 2 N–H and O–H groups in total. The van der Waals surface area contributed by atoms with Crippen LogP contribution < -0.4 is 15.0 Å². The number of benzene rings is 1. The van der Waals surface area contributed by atoms with Gasteiger partial charge in [0.05, 0.1) is 18.5 Å². The second kappa shape index (κ2) is 7.81. The zero-order valence-corrected chi connectivity index (χ0v) is 13.2. The molecule has 1 amide bonds. The maximum absolute atomic E-state index is 12.0. The molecule has 1 heterocycles. The quantitative estimate of drug-likeness (QED) is 0.819. The van der Waals surface area contributed by atoms with E-state index in [1.807, 2.05) is 44.3 Å². The third kappa shape index (κ3) is 5.21. The molecule has 4 nitrogen and oxygen atoms in total. The second-order valence-electron chi connectivity index (χ2n) is 4.90. The Balaban J connectivity index is 1.80. The Hall–Kier alpha value is -1.85. The highest BCUT2D eigenvalue weighted by molar-refractivity contribution is 7.09. The highest BCUT2D eigenvalue weighted by atomic mass is 32.1. The summed E-state index contributed by atoms with van der Waals surface area (Å²) in [6.07, 6.45) is 0. The summed E-state index contributed by atoms with van der Waals surface area (Å²) in [4.78, 5) is 14.5. The number of amides is 1. The summed E-state index contributed by atoms with van der Waals surface area (Å²) in [5.41, 5.74) is 0.798. The fraction of sp³-hybridized carbons (Fsp3) is 0.312. The number of ether oxygens (including phenoxy) is 1. The summed E-state index contributed by atoms with van der Waals surface area (Å²) in [5, 5.41) is 4.97. The molecule has 0 fully saturated rings. The van der Waals surface area contributed by atoms with Crippen LogP contribution in [-0.2, 0) is 11.3 Å². The van der Waals surface area contributed by atoms with E-state index in [2.05, 4.69) is 16.8 Å². The molecule has 2 rings (SSSR count). The van der Waals surface area contributed by atoms with Crippen molar-refractivity contribution in [1.29, 1.82) is 0 Å². The number of quaternary nitrogens is 1. The van der Waals surface area contributed by atoms with E-state index in [-0.39, 0.29) is 5.91 Å². The summed E-state index contributed by atoms with van der Waals surface area (Å²) in [7, 11) is 2.03. The molecular formula is C16H21N2O2S+. The molecule has 1 atom stereocenters. The van der Waals surface area contributed by atoms with Crippen LogP contribution in [-0.4, -0.2) is 26.1 Å². The van der Waals surface area contributed by atoms with Crippen molar-refractivity contribution in [3.05, 3.63) is 46.7 Å². The van der Waals surface area contributed by atoms with Crippen molar-refractivity contribution in [2.45, 2.75) is 13.5 Å². The normalized spacial score (nSPS) is 11.9. The first-order valence-electron chi connectivity index (χ1n) is 7.03. The van der Waals surface area contributed by atoms with E-state index in [4.69, 9.17) is 4.74 Å². The van der Waals surface area contributed by atoms with Gasteiger partial charge < -0.3 is 15.0 Å². The first kappa shape index (κ1) is 15.5. The summed E-state index contributed by atoms with van der Waals surface area (Å²) in [6.45, 7) is 3.91. The standard InChI is InChI=1S/C16H20N2O2S/c1-3-20-14-8-6-13(7-9-14)17-16(19)12-18(2)11-15-5-4-10-21-15/h4-10H,3,11-12H2,1-2H3,(H,17,19)/p+1. The predicted octanol–water partition coefficient (Wildman–Crippen LogP) is 1.80. The van der Waals surface area contributed by atoms with E-state index >= 15 is 0 Å². The first-order valence-corrected chi connectivity index (χ1v) is 7.91. The molecule has 112 valence electrons. The van der Waals surface area contributed by atoms with Crippen LogP contribution in [0.3, 0.4) is 0 Å². The molecule has 0 aliphatic carbocycles. The maximum Gasteiger partial charge on any atom is 0.279 e. The number of anilines is 1. The molecule has 1 unspecified atom stereocenters. The number of likely N-dealkylation sites (N-methyl/N-ethyl adjacent to an activating group) is 1. The zero-order chi connectivity index (χ0) is 15.1. The molecule has 5 heteroatoms. The van der Waals surface area contributed by atoms with E-state index in [1.165, 1.54) is 9.78 Å². The van der Waals surface area contributed by atoms with Crippen molar-refractivity contribution in [3.63, 3.8) is 0 Å². The Morgan fingerprint density at radius 3 is 2.67 bits per heavy atom. The largest absolute Gasteiger partial charge is 0.494 e. The van der Waals surface area contributed by atoms with Gasteiger partial charge in [-0.05, 0) is 42.6 Å². The van der Waals surface area contributed by atoms with E-state index in [0.29, 0.717) is 13.2 Å². The van der Waals surface area contributed by atoms with E-state index < -0.39 is 0 Å². The summed E-state index contributed by atoms with van der Waals surface area (Å²) >= 11 is 1.72. The molecule has 2 aromatic rings. The van der Waals surface area contributed by atoms with E-state index in [1.54, 1.807) is 11.3 Å². The molecule has 0 aliphatic rings. The minimum atomic E-state index is 0.0215. The average Bonchev–Trinajstić information content (AvgIpc) is 2.93. The van der Waals surface area contributed by atoms with Crippen LogP contribution in [0.4, 0.5) is 5.69 Å². The Bertz CT molecular complexity index is 552. The molecule has 0 bridgehead atoms. The van der Waals surface area contributed by atoms with Gasteiger partial charge in [-0.25, -0.2) is 0 Å². The lowest BCUT2D eigenvalue weighted by molar-refractivity contribution is -0.884. The smallest absolute Gasteiger partial charge is 0.279 e. The second-order valence-corrected chi connectivity index (χ2v) is 5.93. The van der Waals surface area contributed by atoms with Crippen molar-refractivity contribution < 1.29 is 14.4 Å². The molecule has 21 heavy (non-hydrogen) atoms. The van der Waals surface area contributed by atoms with Gasteiger partial charge in [0.2, 0.25) is 0 Å². The Morgan fingerprint density at radius 2 is 2.05 bits per heavy atom. The molecule has 0 saturated heterocycles. The van der Waals surface area contributed by atoms with Crippen molar-refractivity contribution in [3.8, 4) is 5.75 Å². The van der Waals surface area contributed by atoms with Gasteiger partial charge in [0.1, 0.15) is 12.3 Å².